The molecule has 0 saturated heterocycles. The predicted molar refractivity (Wildman–Crippen MR) is 190 cm³/mol. The molecule has 0 saturated carbocycles. The second-order valence-electron chi connectivity index (χ2n) is 11.8. The number of aromatic nitrogens is 1. The lowest BCUT2D eigenvalue weighted by Gasteiger charge is -2.24. The molecular formula is C38H31F6N3O10. The van der Waals surface area contributed by atoms with E-state index in [2.05, 4.69) is 4.74 Å². The first-order valence-electron chi connectivity index (χ1n) is 16.3. The van der Waals surface area contributed by atoms with Gasteiger partial charge in [-0.25, -0.2) is 31.5 Å². The van der Waals surface area contributed by atoms with Crippen LogP contribution in [0.3, 0.4) is 0 Å². The van der Waals surface area contributed by atoms with Crippen LogP contribution in [0.25, 0.3) is 16.6 Å². The molecule has 5 N–H and O–H groups in total. The van der Waals surface area contributed by atoms with Gasteiger partial charge in [-0.2, -0.15) is 4.39 Å². The van der Waals surface area contributed by atoms with Crippen molar-refractivity contribution in [3.63, 3.8) is 0 Å². The number of hydrogen-bond donors (Lipinski definition) is 4. The van der Waals surface area contributed by atoms with Gasteiger partial charge in [0.25, 0.3) is 0 Å². The zero-order valence-corrected chi connectivity index (χ0v) is 30.1. The van der Waals surface area contributed by atoms with Gasteiger partial charge in [-0.1, -0.05) is 0 Å². The normalized spacial score (nSPS) is 11.2. The number of halogens is 6. The summed E-state index contributed by atoms with van der Waals surface area (Å²) in [6.45, 7) is 3.05. The Morgan fingerprint density at radius 2 is 1.42 bits per heavy atom. The topological polar surface area (TPSA) is 191 Å². The molecule has 1 aliphatic heterocycles. The Morgan fingerprint density at radius 1 is 0.807 bits per heavy atom. The lowest BCUT2D eigenvalue weighted by atomic mass is 10.0. The number of aromatic hydroxyl groups is 3. The lowest BCUT2D eigenvalue weighted by Crippen LogP contribution is -2.22. The van der Waals surface area contributed by atoms with Crippen molar-refractivity contribution in [1.29, 1.82) is 0 Å². The molecule has 0 radical (unpaired) electrons. The third-order valence-corrected chi connectivity index (χ3v) is 7.54. The smallest absolute Gasteiger partial charge is 0.343 e. The highest BCUT2D eigenvalue weighted by Gasteiger charge is 2.30. The molecular weight excluding hydrogens is 772 g/mol. The fourth-order valence-electron chi connectivity index (χ4n) is 5.02. The number of ether oxygens (including phenoxy) is 3. The Kier molecular flexibility index (Phi) is 13.1. The van der Waals surface area contributed by atoms with Gasteiger partial charge in [0.05, 0.1) is 35.5 Å². The zero-order chi connectivity index (χ0) is 42.5. The standard InChI is InChI=1S/C18H11F2NO5.C14H13F4NO3.C6H7NO2/c1-2-25-18(24)10-7-21-12-4-3-8(22)5-13(12)26-17-14(20)11(19)6-9(15(17)21)16(10)23;1-4-22-14(21)8(6-19(2)3)13(20)7-5-9(15)11(17)12(18)10(7)16;7-5-2-1-4(8)3-6(5)9/h3-7,22H,2H2,1H3;5-6H,4H2,1-3H3;1-3,8-9H,7H2/b;8-6-;. The molecule has 57 heavy (non-hydrogen) atoms. The Labute approximate surface area is 318 Å². The fourth-order valence-corrected chi connectivity index (χ4v) is 5.02. The number of nitrogens with zero attached hydrogens (tertiary/aromatic N) is 2. The number of esters is 2. The molecule has 0 spiro atoms. The van der Waals surface area contributed by atoms with Gasteiger partial charge in [-0.05, 0) is 50.2 Å². The second kappa shape index (κ2) is 17.5. The van der Waals surface area contributed by atoms with Gasteiger partial charge in [-0.15, -0.1) is 0 Å². The summed E-state index contributed by atoms with van der Waals surface area (Å²) in [6.07, 6.45) is 2.21. The number of hydrogen-bond acceptors (Lipinski definition) is 12. The van der Waals surface area contributed by atoms with E-state index in [0.717, 1.165) is 12.3 Å². The number of phenolic OH excluding ortho intramolecular Hbond substituents is 3. The summed E-state index contributed by atoms with van der Waals surface area (Å²) in [7, 11) is 2.93. The Morgan fingerprint density at radius 3 is 2.02 bits per heavy atom. The number of fused-ring (bicyclic) bond motifs is 2. The first-order valence-corrected chi connectivity index (χ1v) is 16.3. The van der Waals surface area contributed by atoms with Crippen molar-refractivity contribution in [3.8, 4) is 34.4 Å². The minimum Gasteiger partial charge on any atom is -0.508 e. The van der Waals surface area contributed by atoms with Crippen LogP contribution in [0.15, 0.2) is 71.3 Å². The SMILES string of the molecule is CCOC(=O)/C(=C\N(C)C)C(=O)c1cc(F)c(F)c(F)c1F.CCOC(=O)c1cn2c3c(c(F)c(F)cc3c1=O)Oc1cc(O)ccc1-2.Nc1ccc(O)cc1O. The Bertz CT molecular complexity index is 2510. The molecule has 0 unspecified atom stereocenters. The van der Waals surface area contributed by atoms with Crippen LogP contribution in [0.5, 0.6) is 28.7 Å². The molecule has 2 heterocycles. The van der Waals surface area contributed by atoms with E-state index in [-0.39, 0.29) is 64.4 Å². The van der Waals surface area contributed by atoms with Gasteiger partial charge in [0.2, 0.25) is 17.0 Å². The number of ketones is 1. The minimum absolute atomic E-state index is 0.0138. The predicted octanol–water partition coefficient (Wildman–Crippen LogP) is 6.37. The number of Topliss-reactive ketones (excluding diaryl/α,β-unsaturated/α-hetero) is 1. The van der Waals surface area contributed by atoms with Crippen LogP contribution in [-0.2, 0) is 14.3 Å². The first-order chi connectivity index (χ1) is 26.8. The lowest BCUT2D eigenvalue weighted by molar-refractivity contribution is -0.138. The van der Waals surface area contributed by atoms with E-state index in [4.69, 9.17) is 25.4 Å². The van der Waals surface area contributed by atoms with Gasteiger partial charge in [-0.3, -0.25) is 9.59 Å². The molecule has 0 atom stereocenters. The summed E-state index contributed by atoms with van der Waals surface area (Å²) in [5, 5.41) is 26.9. The highest BCUT2D eigenvalue weighted by atomic mass is 19.2. The van der Waals surface area contributed by atoms with Crippen molar-refractivity contribution in [2.45, 2.75) is 13.8 Å². The second-order valence-corrected chi connectivity index (χ2v) is 11.8. The van der Waals surface area contributed by atoms with Crippen molar-refractivity contribution < 1.29 is 70.3 Å². The largest absolute Gasteiger partial charge is 0.508 e. The maximum atomic E-state index is 14.3. The molecule has 6 rings (SSSR count). The molecule has 19 heteroatoms. The molecule has 0 bridgehead atoms. The van der Waals surface area contributed by atoms with Crippen LogP contribution in [0.4, 0.5) is 32.0 Å². The number of benzene rings is 4. The summed E-state index contributed by atoms with van der Waals surface area (Å²) in [4.78, 5) is 49.9. The number of anilines is 1. The maximum Gasteiger partial charge on any atom is 0.343 e. The van der Waals surface area contributed by atoms with Crippen molar-refractivity contribution in [2.24, 2.45) is 0 Å². The maximum absolute atomic E-state index is 14.3. The Balaban J connectivity index is 0.000000210. The van der Waals surface area contributed by atoms with Gasteiger partial charge in [0.15, 0.2) is 40.6 Å². The van der Waals surface area contributed by atoms with E-state index in [1.54, 1.807) is 6.92 Å². The van der Waals surface area contributed by atoms with E-state index < -0.39 is 74.9 Å². The van der Waals surface area contributed by atoms with Crippen molar-refractivity contribution in [2.75, 3.05) is 33.0 Å². The monoisotopic (exact) mass is 803 g/mol. The summed E-state index contributed by atoms with van der Waals surface area (Å²) in [5.74, 6) is -14.3. The van der Waals surface area contributed by atoms with Crippen molar-refractivity contribution in [3.05, 3.63) is 123 Å². The average molecular weight is 804 g/mol. The number of carbonyl (C=O) groups excluding carboxylic acids is 3. The van der Waals surface area contributed by atoms with E-state index in [0.29, 0.717) is 5.69 Å². The number of carbonyl (C=O) groups is 3. The number of pyridine rings is 1. The van der Waals surface area contributed by atoms with Gasteiger partial charge in [0, 0.05) is 38.6 Å². The number of phenols is 3. The number of nitrogens with two attached hydrogens (primary N) is 1. The van der Waals surface area contributed by atoms with Crippen LogP contribution in [0.2, 0.25) is 0 Å². The van der Waals surface area contributed by atoms with E-state index in [1.807, 2.05) is 0 Å². The van der Waals surface area contributed by atoms with Crippen molar-refractivity contribution in [1.82, 2.24) is 9.47 Å². The first kappa shape index (κ1) is 42.6. The summed E-state index contributed by atoms with van der Waals surface area (Å²) in [5.41, 5.74) is 2.97. The fraction of sp³-hybridized carbons (Fsp3) is 0.158. The summed E-state index contributed by atoms with van der Waals surface area (Å²) < 4.78 is 97.5. The molecule has 0 aliphatic carbocycles. The third-order valence-electron chi connectivity index (χ3n) is 7.54. The summed E-state index contributed by atoms with van der Waals surface area (Å²) in [6, 6.07) is 9.00. The highest BCUT2D eigenvalue weighted by molar-refractivity contribution is 6.24. The quantitative estimate of drug-likeness (QED) is 0.0119. The minimum atomic E-state index is -2.13. The number of nitrogen functional groups attached to an aromatic ring is 1. The van der Waals surface area contributed by atoms with Crippen LogP contribution < -0.4 is 15.9 Å². The third kappa shape index (κ3) is 9.04. The van der Waals surface area contributed by atoms with Crippen molar-refractivity contribution >= 4 is 34.3 Å². The average Bonchev–Trinajstić information content (AvgIpc) is 3.16. The van der Waals surface area contributed by atoms with Crippen LogP contribution >= 0.6 is 0 Å². The highest BCUT2D eigenvalue weighted by Crippen LogP contribution is 2.43. The molecule has 13 nitrogen and oxygen atoms in total. The van der Waals surface area contributed by atoms with Crippen LogP contribution in [-0.4, -0.2) is 69.8 Å². The van der Waals surface area contributed by atoms with Crippen LogP contribution in [0.1, 0.15) is 34.6 Å². The number of rotatable bonds is 7. The van der Waals surface area contributed by atoms with Crippen LogP contribution in [0, 0.1) is 34.9 Å². The van der Waals surface area contributed by atoms with E-state index in [9.17, 15) is 50.6 Å². The molecule has 0 amide bonds. The van der Waals surface area contributed by atoms with E-state index >= 15 is 0 Å². The Hall–Kier alpha value is -7.18. The zero-order valence-electron chi connectivity index (χ0n) is 30.1. The van der Waals surface area contributed by atoms with Gasteiger partial charge < -0.3 is 44.7 Å². The van der Waals surface area contributed by atoms with Gasteiger partial charge in [0.1, 0.15) is 33.9 Å². The summed E-state index contributed by atoms with van der Waals surface area (Å²) >= 11 is 0. The molecule has 4 aromatic carbocycles. The molecule has 1 aliphatic rings. The van der Waals surface area contributed by atoms with Gasteiger partial charge >= 0.3 is 11.9 Å². The molecule has 5 aromatic rings. The molecule has 300 valence electrons. The molecule has 0 fully saturated rings. The van der Waals surface area contributed by atoms with E-state index in [1.165, 1.54) is 73.1 Å². The molecule has 1 aromatic heterocycles.